The summed E-state index contributed by atoms with van der Waals surface area (Å²) in [4.78, 5) is 14.7. The van der Waals surface area contributed by atoms with Crippen molar-refractivity contribution in [2.45, 2.75) is 24.3 Å². The monoisotopic (exact) mass is 419 g/mol. The molecule has 7 heteroatoms. The van der Waals surface area contributed by atoms with E-state index in [0.29, 0.717) is 16.7 Å². The van der Waals surface area contributed by atoms with Crippen molar-refractivity contribution in [3.8, 4) is 0 Å². The van der Waals surface area contributed by atoms with Crippen molar-refractivity contribution in [1.82, 2.24) is 4.90 Å². The lowest BCUT2D eigenvalue weighted by molar-refractivity contribution is -0.122. The third-order valence-electron chi connectivity index (χ3n) is 4.67. The van der Waals surface area contributed by atoms with Gasteiger partial charge in [0.25, 0.3) is 5.91 Å². The van der Waals surface area contributed by atoms with Gasteiger partial charge in [-0.1, -0.05) is 24.3 Å². The summed E-state index contributed by atoms with van der Waals surface area (Å²) in [6, 6.07) is 12.0. The molecule has 0 aliphatic carbocycles. The van der Waals surface area contributed by atoms with Crippen molar-refractivity contribution in [1.29, 1.82) is 0 Å². The number of nitrogens with zero attached hydrogens (tertiary/aromatic N) is 1. The molecular formula is C22H26FNO4S. The summed E-state index contributed by atoms with van der Waals surface area (Å²) in [5.74, 6) is -0.781. The number of carbonyl (C=O) groups excluding carboxylic acids is 1. The van der Waals surface area contributed by atoms with E-state index >= 15 is 0 Å². The highest BCUT2D eigenvalue weighted by Gasteiger charge is 2.32. The van der Waals surface area contributed by atoms with Crippen LogP contribution >= 0.6 is 0 Å². The number of likely N-dealkylation sites (N-methyl/N-ethyl adjacent to an activating group) is 1. The van der Waals surface area contributed by atoms with E-state index in [0.717, 1.165) is 6.26 Å². The molecule has 0 atom stereocenters. The van der Waals surface area contributed by atoms with Crippen LogP contribution in [-0.4, -0.2) is 52.3 Å². The predicted molar refractivity (Wildman–Crippen MR) is 113 cm³/mol. The molecule has 0 unspecified atom stereocenters. The fourth-order valence-electron chi connectivity index (χ4n) is 3.01. The van der Waals surface area contributed by atoms with Gasteiger partial charge in [0.15, 0.2) is 9.84 Å². The Morgan fingerprint density at radius 1 is 1.03 bits per heavy atom. The third kappa shape index (κ3) is 5.10. The van der Waals surface area contributed by atoms with E-state index in [4.69, 9.17) is 4.74 Å². The van der Waals surface area contributed by atoms with Gasteiger partial charge in [0.05, 0.1) is 16.1 Å². The molecular weight excluding hydrogens is 393 g/mol. The van der Waals surface area contributed by atoms with Crippen LogP contribution in [0.15, 0.2) is 53.4 Å². The average Bonchev–Trinajstić information content (AvgIpc) is 2.64. The number of halogens is 1. The minimum absolute atomic E-state index is 0.169. The molecule has 2 rings (SSSR count). The first kappa shape index (κ1) is 22.8. The zero-order chi connectivity index (χ0) is 22.0. The highest BCUT2D eigenvalue weighted by atomic mass is 32.2. The second-order valence-electron chi connectivity index (χ2n) is 7.47. The second kappa shape index (κ2) is 8.47. The number of carbonyl (C=O) groups is 1. The highest BCUT2D eigenvalue weighted by Crippen LogP contribution is 2.38. The van der Waals surface area contributed by atoms with Gasteiger partial charge in [-0.05, 0) is 49.2 Å². The van der Waals surface area contributed by atoms with Gasteiger partial charge in [0.2, 0.25) is 0 Å². The molecule has 2 aromatic carbocycles. The maximum absolute atomic E-state index is 14.0. The van der Waals surface area contributed by atoms with Crippen LogP contribution in [0.25, 0.3) is 11.1 Å². The molecule has 0 aliphatic heterocycles. The molecule has 0 saturated heterocycles. The first-order valence-electron chi connectivity index (χ1n) is 8.96. The van der Waals surface area contributed by atoms with Crippen LogP contribution in [0.3, 0.4) is 0 Å². The first-order chi connectivity index (χ1) is 13.4. The van der Waals surface area contributed by atoms with Crippen molar-refractivity contribution < 1.29 is 22.3 Å². The smallest absolute Gasteiger partial charge is 0.254 e. The van der Waals surface area contributed by atoms with E-state index in [-0.39, 0.29) is 16.4 Å². The van der Waals surface area contributed by atoms with Gasteiger partial charge in [-0.25, -0.2) is 12.8 Å². The first-order valence-corrected chi connectivity index (χ1v) is 10.9. The summed E-state index contributed by atoms with van der Waals surface area (Å²) in [5.41, 5.74) is 0.924. The summed E-state index contributed by atoms with van der Waals surface area (Å²) < 4.78 is 43.3. The van der Waals surface area contributed by atoms with Crippen molar-refractivity contribution >= 4 is 26.9 Å². The van der Waals surface area contributed by atoms with Crippen LogP contribution in [-0.2, 0) is 19.4 Å². The van der Waals surface area contributed by atoms with E-state index in [2.05, 4.69) is 0 Å². The number of hydrogen-bond donors (Lipinski definition) is 0. The molecule has 0 fully saturated rings. The topological polar surface area (TPSA) is 63.7 Å². The van der Waals surface area contributed by atoms with Crippen LogP contribution in [0.2, 0.25) is 0 Å². The molecule has 5 nitrogen and oxygen atoms in total. The summed E-state index contributed by atoms with van der Waals surface area (Å²) in [7, 11) is 1.39. The lowest BCUT2D eigenvalue weighted by Crippen LogP contribution is -2.30. The van der Waals surface area contributed by atoms with Gasteiger partial charge in [0, 0.05) is 33.0 Å². The van der Waals surface area contributed by atoms with Gasteiger partial charge in [-0.2, -0.15) is 0 Å². The summed E-state index contributed by atoms with van der Waals surface area (Å²) in [6.45, 7) is 3.60. The average molecular weight is 420 g/mol. The maximum Gasteiger partial charge on any atom is 0.254 e. The van der Waals surface area contributed by atoms with Crippen molar-refractivity contribution in [2.24, 2.45) is 0 Å². The van der Waals surface area contributed by atoms with Gasteiger partial charge >= 0.3 is 0 Å². The van der Waals surface area contributed by atoms with Crippen LogP contribution in [0.4, 0.5) is 4.39 Å². The normalized spacial score (nSPS) is 13.1. The van der Waals surface area contributed by atoms with Gasteiger partial charge < -0.3 is 9.64 Å². The molecule has 0 saturated carbocycles. The van der Waals surface area contributed by atoms with Gasteiger partial charge in [0.1, 0.15) is 5.82 Å². The Morgan fingerprint density at radius 2 is 1.62 bits per heavy atom. The van der Waals surface area contributed by atoms with Crippen LogP contribution in [0, 0.1) is 5.82 Å². The molecule has 2 aromatic rings. The standard InChI is InChI=1S/C22H26FNO4S/c1-22(2,28-5)20(15-10-12-18(13-11-15)29(6,26)27)19(21(25)24(3)4)16-8-7-9-17(23)14-16/h7-14H,1-6H3. The quantitative estimate of drug-likeness (QED) is 0.530. The maximum atomic E-state index is 14.0. The molecule has 0 aliphatic rings. The number of amides is 1. The highest BCUT2D eigenvalue weighted by molar-refractivity contribution is 7.90. The fourth-order valence-corrected chi connectivity index (χ4v) is 3.64. The number of ether oxygens (including phenoxy) is 1. The Hall–Kier alpha value is -2.51. The van der Waals surface area contributed by atoms with Crippen molar-refractivity contribution in [3.05, 3.63) is 65.5 Å². The predicted octanol–water partition coefficient (Wildman–Crippen LogP) is 3.65. The molecule has 0 radical (unpaired) electrons. The fraction of sp³-hybridized carbons (Fsp3) is 0.318. The number of sulfone groups is 1. The zero-order valence-corrected chi connectivity index (χ0v) is 18.3. The minimum Gasteiger partial charge on any atom is -0.374 e. The van der Waals surface area contributed by atoms with Crippen molar-refractivity contribution in [3.63, 3.8) is 0 Å². The molecule has 156 valence electrons. The molecule has 0 bridgehead atoms. The number of rotatable bonds is 6. The Morgan fingerprint density at radius 3 is 2.07 bits per heavy atom. The molecule has 0 spiro atoms. The van der Waals surface area contributed by atoms with Gasteiger partial charge in [-0.3, -0.25) is 4.79 Å². The van der Waals surface area contributed by atoms with E-state index in [1.807, 2.05) is 0 Å². The van der Waals surface area contributed by atoms with E-state index < -0.39 is 21.3 Å². The molecule has 29 heavy (non-hydrogen) atoms. The molecule has 1 amide bonds. The van der Waals surface area contributed by atoms with Gasteiger partial charge in [-0.15, -0.1) is 0 Å². The summed E-state index contributed by atoms with van der Waals surface area (Å²) >= 11 is 0. The second-order valence-corrected chi connectivity index (χ2v) is 9.49. The third-order valence-corrected chi connectivity index (χ3v) is 5.80. The number of benzene rings is 2. The largest absolute Gasteiger partial charge is 0.374 e. The van der Waals surface area contributed by atoms with Crippen LogP contribution < -0.4 is 0 Å². The minimum atomic E-state index is -3.37. The summed E-state index contributed by atoms with van der Waals surface area (Å²) in [5, 5.41) is 0. The van der Waals surface area contributed by atoms with Crippen LogP contribution in [0.5, 0.6) is 0 Å². The van der Waals surface area contributed by atoms with Crippen molar-refractivity contribution in [2.75, 3.05) is 27.5 Å². The Labute approximate surface area is 171 Å². The number of methoxy groups -OCH3 is 1. The molecule has 0 aromatic heterocycles. The summed E-state index contributed by atoms with van der Waals surface area (Å²) in [6.07, 6.45) is 1.13. The van der Waals surface area contributed by atoms with E-state index in [1.165, 1.54) is 42.3 Å². The SMILES string of the molecule is COC(C)(C)C(=C(C(=O)N(C)C)c1cccc(F)c1)c1ccc(S(C)(=O)=O)cc1. The van der Waals surface area contributed by atoms with Crippen LogP contribution in [0.1, 0.15) is 25.0 Å². The Balaban J connectivity index is 2.90. The lowest BCUT2D eigenvalue weighted by atomic mass is 9.83. The molecule has 0 heterocycles. The Bertz CT molecular complexity index is 1040. The molecule has 0 N–H and O–H groups in total. The van der Waals surface area contributed by atoms with E-state index in [9.17, 15) is 17.6 Å². The zero-order valence-electron chi connectivity index (χ0n) is 17.5. The van der Waals surface area contributed by atoms with E-state index in [1.54, 1.807) is 46.1 Å². The lowest BCUT2D eigenvalue weighted by Gasteiger charge is -2.31. The number of hydrogen-bond acceptors (Lipinski definition) is 4. The Kier molecular flexibility index (Phi) is 6.65.